The second-order valence-corrected chi connectivity index (χ2v) is 7.18. The summed E-state index contributed by atoms with van der Waals surface area (Å²) in [4.78, 5) is 37.5. The SMILES string of the molecule is CNC1(NC)CCCCC/C=C/CC/C=C/C=C/C(=O)NC2=CC(=O)C=C1C2=O. The minimum atomic E-state index is -0.825. The average Bonchev–Trinajstić information content (AvgIpc) is 2.71. The lowest BCUT2D eigenvalue weighted by molar-refractivity contribution is -0.119. The van der Waals surface area contributed by atoms with Gasteiger partial charge in [0, 0.05) is 17.7 Å². The van der Waals surface area contributed by atoms with Crippen LogP contribution in [-0.4, -0.2) is 37.2 Å². The third kappa shape index (κ3) is 6.48. The normalized spacial score (nSPS) is 24.8. The highest BCUT2D eigenvalue weighted by atomic mass is 16.2. The summed E-state index contributed by atoms with van der Waals surface area (Å²) < 4.78 is 0. The van der Waals surface area contributed by atoms with E-state index < -0.39 is 11.6 Å². The van der Waals surface area contributed by atoms with Gasteiger partial charge in [0.05, 0.1) is 11.4 Å². The molecule has 29 heavy (non-hydrogen) atoms. The molecule has 0 atom stereocenters. The van der Waals surface area contributed by atoms with Crippen molar-refractivity contribution in [3.05, 3.63) is 59.9 Å². The Bertz CT molecular complexity index is 768. The number of rotatable bonds is 2. The molecule has 6 heteroatoms. The van der Waals surface area contributed by atoms with Gasteiger partial charge in [-0.25, -0.2) is 0 Å². The van der Waals surface area contributed by atoms with Gasteiger partial charge in [-0.2, -0.15) is 0 Å². The number of carbonyl (C=O) groups excluding carboxylic acids is 3. The molecule has 0 saturated heterocycles. The van der Waals surface area contributed by atoms with Crippen molar-refractivity contribution in [1.82, 2.24) is 16.0 Å². The quantitative estimate of drug-likeness (QED) is 0.379. The molecule has 0 radical (unpaired) electrons. The summed E-state index contributed by atoms with van der Waals surface area (Å²) in [5.41, 5.74) is -0.496. The third-order valence-electron chi connectivity index (χ3n) is 5.22. The number of nitrogens with one attached hydrogen (secondary N) is 3. The largest absolute Gasteiger partial charge is 0.319 e. The Morgan fingerprint density at radius 2 is 1.59 bits per heavy atom. The number of fused-ring (bicyclic) bond motifs is 2. The van der Waals surface area contributed by atoms with Crippen LogP contribution in [-0.2, 0) is 14.4 Å². The van der Waals surface area contributed by atoms with Crippen LogP contribution >= 0.6 is 0 Å². The van der Waals surface area contributed by atoms with Gasteiger partial charge in [-0.3, -0.25) is 25.0 Å². The molecule has 1 heterocycles. The first-order valence-corrected chi connectivity index (χ1v) is 10.2. The zero-order valence-electron chi connectivity index (χ0n) is 17.3. The molecule has 2 bridgehead atoms. The predicted molar refractivity (Wildman–Crippen MR) is 115 cm³/mol. The average molecular weight is 398 g/mol. The van der Waals surface area contributed by atoms with Crippen LogP contribution in [0.4, 0.5) is 0 Å². The lowest BCUT2D eigenvalue weighted by Crippen LogP contribution is -2.58. The molecule has 0 spiro atoms. The van der Waals surface area contributed by atoms with Crippen molar-refractivity contribution in [2.75, 3.05) is 14.1 Å². The molecule has 0 unspecified atom stereocenters. The highest BCUT2D eigenvalue weighted by molar-refractivity contribution is 6.22. The van der Waals surface area contributed by atoms with Gasteiger partial charge in [-0.1, -0.05) is 36.8 Å². The van der Waals surface area contributed by atoms with Gasteiger partial charge in [0.2, 0.25) is 11.7 Å². The first-order chi connectivity index (χ1) is 14.0. The van der Waals surface area contributed by atoms with E-state index in [1.807, 2.05) is 12.2 Å². The van der Waals surface area contributed by atoms with E-state index in [1.165, 1.54) is 18.2 Å². The maximum atomic E-state index is 13.1. The molecule has 1 aliphatic carbocycles. The maximum absolute atomic E-state index is 13.1. The van der Waals surface area contributed by atoms with E-state index in [0.717, 1.165) is 38.5 Å². The molecule has 2 rings (SSSR count). The summed E-state index contributed by atoms with van der Waals surface area (Å²) in [7, 11) is 3.53. The molecular weight excluding hydrogens is 366 g/mol. The molecule has 0 aromatic carbocycles. The lowest BCUT2D eigenvalue weighted by atomic mass is 9.85. The molecule has 6 nitrogen and oxygen atoms in total. The Morgan fingerprint density at radius 1 is 0.862 bits per heavy atom. The Morgan fingerprint density at radius 3 is 2.34 bits per heavy atom. The fourth-order valence-corrected chi connectivity index (χ4v) is 3.54. The van der Waals surface area contributed by atoms with Gasteiger partial charge in [-0.05, 0) is 58.7 Å². The van der Waals surface area contributed by atoms with E-state index in [0.29, 0.717) is 12.0 Å². The first-order valence-electron chi connectivity index (χ1n) is 10.2. The number of hydrogen-bond acceptors (Lipinski definition) is 5. The Kier molecular flexibility index (Phi) is 8.96. The number of ketones is 2. The van der Waals surface area contributed by atoms with Gasteiger partial charge in [0.25, 0.3) is 0 Å². The van der Waals surface area contributed by atoms with Gasteiger partial charge >= 0.3 is 0 Å². The molecule has 1 amide bonds. The topological polar surface area (TPSA) is 87.3 Å². The van der Waals surface area contributed by atoms with Crippen molar-refractivity contribution in [1.29, 1.82) is 0 Å². The number of allylic oxidation sites excluding steroid dienone is 8. The second-order valence-electron chi connectivity index (χ2n) is 7.18. The summed E-state index contributed by atoms with van der Waals surface area (Å²) in [6.07, 6.45) is 20.2. The Hall–Kier alpha value is -2.57. The molecule has 3 N–H and O–H groups in total. The number of carbonyl (C=O) groups is 3. The van der Waals surface area contributed by atoms with E-state index in [2.05, 4.69) is 28.1 Å². The van der Waals surface area contributed by atoms with Crippen LogP contribution in [0.25, 0.3) is 0 Å². The van der Waals surface area contributed by atoms with Crippen LogP contribution in [0.5, 0.6) is 0 Å². The van der Waals surface area contributed by atoms with Crippen molar-refractivity contribution >= 4 is 17.5 Å². The summed E-state index contributed by atoms with van der Waals surface area (Å²) in [5.74, 6) is -1.11. The molecule has 2 aliphatic rings. The summed E-state index contributed by atoms with van der Waals surface area (Å²) >= 11 is 0. The second kappa shape index (κ2) is 11.4. The van der Waals surface area contributed by atoms with Crippen LogP contribution in [0.2, 0.25) is 0 Å². The van der Waals surface area contributed by atoms with E-state index in [4.69, 9.17) is 0 Å². The van der Waals surface area contributed by atoms with Gasteiger partial charge in [0.1, 0.15) is 0 Å². The van der Waals surface area contributed by atoms with Gasteiger partial charge in [0.15, 0.2) is 5.78 Å². The molecule has 0 saturated carbocycles. The maximum Gasteiger partial charge on any atom is 0.248 e. The molecule has 0 aromatic heterocycles. The Labute approximate surface area is 172 Å². The van der Waals surface area contributed by atoms with Crippen molar-refractivity contribution < 1.29 is 14.4 Å². The lowest BCUT2D eigenvalue weighted by Gasteiger charge is -2.36. The first kappa shape index (κ1) is 22.7. The highest BCUT2D eigenvalue weighted by Crippen LogP contribution is 2.26. The third-order valence-corrected chi connectivity index (χ3v) is 5.22. The highest BCUT2D eigenvalue weighted by Gasteiger charge is 2.38. The molecular formula is C23H31N3O3. The standard InChI is InChI=1S/C23H31N3O3/c1-24-23(25-2)15-13-11-9-7-5-3-4-6-8-10-12-14-21(28)26-20-17-18(27)16-19(23)22(20)29/h3,5,8,10,12,14,16-17,24-25H,4,6-7,9,11,13,15H2,1-2H3,(H,26,28)/b5-3+,10-8+,14-12+. The minimum Gasteiger partial charge on any atom is -0.319 e. The van der Waals surface area contributed by atoms with E-state index in [9.17, 15) is 14.4 Å². The molecule has 156 valence electrons. The van der Waals surface area contributed by atoms with E-state index >= 15 is 0 Å². The molecule has 0 fully saturated rings. The van der Waals surface area contributed by atoms with Crippen LogP contribution < -0.4 is 16.0 Å². The number of likely N-dealkylation sites (N-methyl/N-ethyl adjacent to an activating group) is 2. The van der Waals surface area contributed by atoms with Crippen LogP contribution in [0.15, 0.2) is 59.9 Å². The number of hydrogen-bond donors (Lipinski definition) is 3. The number of Topliss-reactive ketones (excluding diaryl/α,β-unsaturated/α-hetero) is 1. The fraction of sp³-hybridized carbons (Fsp3) is 0.435. The summed E-state index contributed by atoms with van der Waals surface area (Å²) in [6.45, 7) is 0. The monoisotopic (exact) mass is 397 g/mol. The summed E-state index contributed by atoms with van der Waals surface area (Å²) in [6, 6.07) is 0. The van der Waals surface area contributed by atoms with Crippen LogP contribution in [0.3, 0.4) is 0 Å². The minimum absolute atomic E-state index is 0.00289. The summed E-state index contributed by atoms with van der Waals surface area (Å²) in [5, 5.41) is 8.92. The smallest absolute Gasteiger partial charge is 0.248 e. The number of amides is 1. The molecule has 1 aliphatic heterocycles. The van der Waals surface area contributed by atoms with Gasteiger partial charge in [-0.15, -0.1) is 0 Å². The van der Waals surface area contributed by atoms with E-state index in [1.54, 1.807) is 20.2 Å². The van der Waals surface area contributed by atoms with Crippen molar-refractivity contribution in [2.45, 2.75) is 50.6 Å². The molecule has 0 aromatic rings. The predicted octanol–water partition coefficient (Wildman–Crippen LogP) is 2.61. The zero-order chi connectivity index (χ0) is 21.1. The Balaban J connectivity index is 2.28. The van der Waals surface area contributed by atoms with Crippen LogP contribution in [0.1, 0.15) is 44.9 Å². The zero-order valence-corrected chi connectivity index (χ0v) is 17.3. The fourth-order valence-electron chi connectivity index (χ4n) is 3.54. The van der Waals surface area contributed by atoms with Crippen molar-refractivity contribution in [3.8, 4) is 0 Å². The van der Waals surface area contributed by atoms with Crippen LogP contribution in [0, 0.1) is 0 Å². The van der Waals surface area contributed by atoms with Gasteiger partial charge < -0.3 is 5.32 Å². The van der Waals surface area contributed by atoms with E-state index in [-0.39, 0.29) is 17.3 Å². The van der Waals surface area contributed by atoms with Crippen molar-refractivity contribution in [2.24, 2.45) is 0 Å². The van der Waals surface area contributed by atoms with Crippen molar-refractivity contribution in [3.63, 3.8) is 0 Å².